The van der Waals surface area contributed by atoms with Crippen molar-refractivity contribution in [1.82, 2.24) is 0 Å². The van der Waals surface area contributed by atoms with E-state index in [1.165, 1.54) is 13.2 Å². The summed E-state index contributed by atoms with van der Waals surface area (Å²) >= 11 is 11.7. The van der Waals surface area contributed by atoms with Gasteiger partial charge in [0.1, 0.15) is 6.07 Å². The number of methoxy groups -OCH3 is 1. The molecule has 0 saturated carbocycles. The zero-order valence-corrected chi connectivity index (χ0v) is 9.39. The molecule has 15 heavy (non-hydrogen) atoms. The highest BCUT2D eigenvalue weighted by Gasteiger charge is 2.12. The molecule has 5 heteroatoms. The second-order valence-corrected chi connectivity index (χ2v) is 3.52. The summed E-state index contributed by atoms with van der Waals surface area (Å²) in [5.41, 5.74) is 0.836. The van der Waals surface area contributed by atoms with Gasteiger partial charge in [0, 0.05) is 0 Å². The average Bonchev–Trinajstić information content (AvgIpc) is 2.25. The molecule has 1 aromatic carbocycles. The average molecular weight is 244 g/mol. The van der Waals surface area contributed by atoms with Crippen molar-refractivity contribution in [1.29, 1.82) is 5.26 Å². The molecule has 1 rings (SSSR count). The Kier molecular flexibility index (Phi) is 3.96. The van der Waals surface area contributed by atoms with Crippen LogP contribution < -0.4 is 0 Å². The summed E-state index contributed by atoms with van der Waals surface area (Å²) in [4.78, 5) is 11.0. The molecule has 0 spiro atoms. The van der Waals surface area contributed by atoms with Gasteiger partial charge in [-0.25, -0.2) is 0 Å². The van der Waals surface area contributed by atoms with E-state index in [9.17, 15) is 4.79 Å². The minimum absolute atomic E-state index is 0.0424. The van der Waals surface area contributed by atoms with Crippen LogP contribution in [0.15, 0.2) is 12.1 Å². The van der Waals surface area contributed by atoms with Crippen LogP contribution in [-0.4, -0.2) is 13.1 Å². The first kappa shape index (κ1) is 11.8. The Hall–Kier alpha value is -1.24. The first-order valence-corrected chi connectivity index (χ1v) is 4.79. The lowest BCUT2D eigenvalue weighted by atomic mass is 10.1. The number of benzene rings is 1. The maximum Gasteiger partial charge on any atom is 0.310 e. The molecule has 1 aromatic rings. The Balaban J connectivity index is 3.08. The highest BCUT2D eigenvalue weighted by molar-refractivity contribution is 6.43. The second kappa shape index (κ2) is 5.01. The Morgan fingerprint density at radius 1 is 1.47 bits per heavy atom. The third-order valence-electron chi connectivity index (χ3n) is 1.85. The molecule has 0 radical (unpaired) electrons. The van der Waals surface area contributed by atoms with Crippen LogP contribution in [0.4, 0.5) is 0 Å². The highest BCUT2D eigenvalue weighted by Crippen LogP contribution is 2.29. The first-order valence-electron chi connectivity index (χ1n) is 4.04. The lowest BCUT2D eigenvalue weighted by molar-refractivity contribution is -0.139. The summed E-state index contributed by atoms with van der Waals surface area (Å²) in [7, 11) is 1.29. The third-order valence-corrected chi connectivity index (χ3v) is 2.77. The summed E-state index contributed by atoms with van der Waals surface area (Å²) < 4.78 is 4.50. The Morgan fingerprint density at radius 3 is 2.67 bits per heavy atom. The first-order chi connectivity index (χ1) is 7.10. The number of hydrogen-bond donors (Lipinski definition) is 0. The van der Waals surface area contributed by atoms with Crippen LogP contribution in [0.25, 0.3) is 0 Å². The van der Waals surface area contributed by atoms with E-state index in [0.29, 0.717) is 5.56 Å². The molecule has 0 aliphatic rings. The summed E-state index contributed by atoms with van der Waals surface area (Å²) in [5.74, 6) is -0.405. The monoisotopic (exact) mass is 243 g/mol. The number of rotatable bonds is 2. The Morgan fingerprint density at radius 2 is 2.13 bits per heavy atom. The molecule has 0 saturated heterocycles. The minimum atomic E-state index is -0.405. The molecule has 0 aliphatic heterocycles. The summed E-state index contributed by atoms with van der Waals surface area (Å²) in [6.07, 6.45) is 0.0424. The van der Waals surface area contributed by atoms with E-state index in [1.807, 2.05) is 6.07 Å². The normalized spacial score (nSPS) is 9.47. The molecule has 0 unspecified atom stereocenters. The van der Waals surface area contributed by atoms with Gasteiger partial charge < -0.3 is 4.74 Å². The fourth-order valence-corrected chi connectivity index (χ4v) is 1.50. The number of hydrogen-bond acceptors (Lipinski definition) is 3. The lowest BCUT2D eigenvalue weighted by Crippen LogP contribution is -2.05. The molecule has 0 bridgehead atoms. The molecular weight excluding hydrogens is 237 g/mol. The maximum absolute atomic E-state index is 11.0. The predicted octanol–water partition coefficient (Wildman–Crippen LogP) is 2.58. The van der Waals surface area contributed by atoms with Crippen molar-refractivity contribution in [3.05, 3.63) is 33.3 Å². The topological polar surface area (TPSA) is 50.1 Å². The van der Waals surface area contributed by atoms with Gasteiger partial charge in [0.25, 0.3) is 0 Å². The number of halogens is 2. The number of nitrogens with zero attached hydrogens (tertiary/aromatic N) is 1. The van der Waals surface area contributed by atoms with Gasteiger partial charge in [0.15, 0.2) is 0 Å². The molecule has 0 heterocycles. The second-order valence-electron chi connectivity index (χ2n) is 2.76. The smallest absolute Gasteiger partial charge is 0.310 e. The van der Waals surface area contributed by atoms with Crippen molar-refractivity contribution < 1.29 is 9.53 Å². The van der Waals surface area contributed by atoms with Crippen molar-refractivity contribution in [2.75, 3.05) is 7.11 Å². The molecule has 78 valence electrons. The Labute approximate surface area is 97.2 Å². The third kappa shape index (κ3) is 2.62. The van der Waals surface area contributed by atoms with Gasteiger partial charge in [0.05, 0.1) is 29.1 Å². The van der Waals surface area contributed by atoms with Gasteiger partial charge in [-0.15, -0.1) is 0 Å². The number of carbonyl (C=O) groups is 1. The zero-order chi connectivity index (χ0) is 11.4. The van der Waals surface area contributed by atoms with E-state index >= 15 is 0 Å². The largest absolute Gasteiger partial charge is 0.469 e. The van der Waals surface area contributed by atoms with Gasteiger partial charge in [-0.1, -0.05) is 29.3 Å². The summed E-state index contributed by atoms with van der Waals surface area (Å²) in [6, 6.07) is 5.01. The van der Waals surface area contributed by atoms with E-state index in [1.54, 1.807) is 6.07 Å². The summed E-state index contributed by atoms with van der Waals surface area (Å²) in [5, 5.41) is 9.07. The van der Waals surface area contributed by atoms with Gasteiger partial charge in [0.2, 0.25) is 0 Å². The molecule has 0 amide bonds. The number of nitriles is 1. The van der Waals surface area contributed by atoms with Crippen LogP contribution in [0.1, 0.15) is 11.1 Å². The molecular formula is C10H7Cl2NO2. The van der Waals surface area contributed by atoms with Crippen molar-refractivity contribution in [3.8, 4) is 6.07 Å². The van der Waals surface area contributed by atoms with E-state index < -0.39 is 5.97 Å². The fraction of sp³-hybridized carbons (Fsp3) is 0.200. The SMILES string of the molecule is COC(=O)Cc1ccc(C#N)c(Cl)c1Cl. The molecule has 0 aliphatic carbocycles. The van der Waals surface area contributed by atoms with E-state index in [0.717, 1.165) is 0 Å². The Bertz CT molecular complexity index is 438. The standard InChI is InChI=1S/C10H7Cl2NO2/c1-15-8(14)4-6-2-3-7(5-13)10(12)9(6)11/h2-3H,4H2,1H3. The van der Waals surface area contributed by atoms with Crippen LogP contribution in [0.3, 0.4) is 0 Å². The van der Waals surface area contributed by atoms with Crippen molar-refractivity contribution in [2.45, 2.75) is 6.42 Å². The zero-order valence-electron chi connectivity index (χ0n) is 7.88. The predicted molar refractivity (Wildman–Crippen MR) is 56.9 cm³/mol. The van der Waals surface area contributed by atoms with Crippen molar-refractivity contribution in [2.24, 2.45) is 0 Å². The number of carbonyl (C=O) groups excluding carboxylic acids is 1. The van der Waals surface area contributed by atoms with E-state index in [2.05, 4.69) is 4.74 Å². The van der Waals surface area contributed by atoms with Crippen LogP contribution in [0.5, 0.6) is 0 Å². The van der Waals surface area contributed by atoms with Gasteiger partial charge in [-0.05, 0) is 11.6 Å². The van der Waals surface area contributed by atoms with Crippen LogP contribution in [0.2, 0.25) is 10.0 Å². The van der Waals surface area contributed by atoms with Crippen LogP contribution in [0, 0.1) is 11.3 Å². The molecule has 3 nitrogen and oxygen atoms in total. The van der Waals surface area contributed by atoms with Gasteiger partial charge in [-0.2, -0.15) is 5.26 Å². The summed E-state index contributed by atoms with van der Waals surface area (Å²) in [6.45, 7) is 0. The van der Waals surface area contributed by atoms with Gasteiger partial charge >= 0.3 is 5.97 Å². The van der Waals surface area contributed by atoms with Crippen molar-refractivity contribution >= 4 is 29.2 Å². The number of esters is 1. The molecule has 0 N–H and O–H groups in total. The molecule has 0 aromatic heterocycles. The van der Waals surface area contributed by atoms with E-state index in [4.69, 9.17) is 28.5 Å². The maximum atomic E-state index is 11.0. The molecule has 0 fully saturated rings. The van der Waals surface area contributed by atoms with Crippen molar-refractivity contribution in [3.63, 3.8) is 0 Å². The van der Waals surface area contributed by atoms with Crippen LogP contribution in [-0.2, 0) is 16.0 Å². The lowest BCUT2D eigenvalue weighted by Gasteiger charge is -2.05. The minimum Gasteiger partial charge on any atom is -0.469 e. The van der Waals surface area contributed by atoms with E-state index in [-0.39, 0.29) is 22.0 Å². The highest BCUT2D eigenvalue weighted by atomic mass is 35.5. The van der Waals surface area contributed by atoms with Crippen LogP contribution >= 0.6 is 23.2 Å². The molecule has 0 atom stereocenters. The number of ether oxygens (including phenoxy) is 1. The fourth-order valence-electron chi connectivity index (χ4n) is 1.04. The quantitative estimate of drug-likeness (QED) is 0.751. The van der Waals surface area contributed by atoms with Gasteiger partial charge in [-0.3, -0.25) is 4.79 Å².